The van der Waals surface area contributed by atoms with E-state index in [0.717, 1.165) is 60.6 Å². The molecule has 3 aromatic heterocycles. The highest BCUT2D eigenvalue weighted by molar-refractivity contribution is 5.94. The van der Waals surface area contributed by atoms with E-state index in [-0.39, 0.29) is 11.8 Å². The number of carbonyl (C=O) groups is 1. The van der Waals surface area contributed by atoms with Gasteiger partial charge in [-0.25, -0.2) is 15.0 Å². The van der Waals surface area contributed by atoms with Gasteiger partial charge in [-0.05, 0) is 25.0 Å². The van der Waals surface area contributed by atoms with Crippen LogP contribution in [0.4, 0.5) is 5.82 Å². The molecule has 7 heteroatoms. The Hall–Kier alpha value is -2.80. The zero-order valence-corrected chi connectivity index (χ0v) is 13.7. The summed E-state index contributed by atoms with van der Waals surface area (Å²) >= 11 is 0. The highest BCUT2D eigenvalue weighted by Gasteiger charge is 2.29. The second-order valence-electron chi connectivity index (χ2n) is 6.61. The number of nitrogens with zero attached hydrogens (tertiary/aromatic N) is 4. The van der Waals surface area contributed by atoms with Crippen molar-refractivity contribution in [2.45, 2.75) is 25.9 Å². The number of aromatic nitrogens is 4. The summed E-state index contributed by atoms with van der Waals surface area (Å²) in [5, 5.41) is 7.16. The van der Waals surface area contributed by atoms with Gasteiger partial charge >= 0.3 is 0 Å². The van der Waals surface area contributed by atoms with Crippen LogP contribution in [-0.4, -0.2) is 32.0 Å². The molecule has 1 aliphatic heterocycles. The Morgan fingerprint density at radius 2 is 2.16 bits per heavy atom. The second-order valence-corrected chi connectivity index (χ2v) is 6.61. The number of hydrogen-bond donors (Lipinski definition) is 2. The van der Waals surface area contributed by atoms with Crippen LogP contribution in [0.15, 0.2) is 30.6 Å². The van der Waals surface area contributed by atoms with E-state index in [2.05, 4.69) is 25.2 Å². The Labute approximate surface area is 144 Å². The first-order chi connectivity index (χ1) is 12.3. The molecule has 2 N–H and O–H groups in total. The van der Waals surface area contributed by atoms with Gasteiger partial charge in [0.15, 0.2) is 0 Å². The molecule has 1 fully saturated rings. The normalized spacial score (nSPS) is 16.6. The number of carbonyl (C=O) groups excluding carboxylic acids is 1. The molecule has 4 heterocycles. The summed E-state index contributed by atoms with van der Waals surface area (Å²) in [7, 11) is 0. The van der Waals surface area contributed by atoms with E-state index in [9.17, 15) is 4.79 Å². The van der Waals surface area contributed by atoms with Crippen LogP contribution in [0.5, 0.6) is 0 Å². The van der Waals surface area contributed by atoms with Crippen molar-refractivity contribution in [3.05, 3.63) is 36.4 Å². The minimum absolute atomic E-state index is 0.0559. The molecule has 0 radical (unpaired) electrons. The number of pyridine rings is 2. The number of anilines is 1. The van der Waals surface area contributed by atoms with Crippen LogP contribution in [0.2, 0.25) is 0 Å². The van der Waals surface area contributed by atoms with Gasteiger partial charge in [-0.15, -0.1) is 0 Å². The average Bonchev–Trinajstić information content (AvgIpc) is 3.41. The number of amides is 1. The average molecular weight is 334 g/mol. The Bertz CT molecular complexity index is 975. The fourth-order valence-corrected chi connectivity index (χ4v) is 3.20. The minimum atomic E-state index is 0.0559. The third-order valence-corrected chi connectivity index (χ3v) is 4.77. The van der Waals surface area contributed by atoms with Crippen LogP contribution in [0.3, 0.4) is 0 Å². The summed E-state index contributed by atoms with van der Waals surface area (Å²) in [6.07, 6.45) is 5.59. The fraction of sp³-hybridized carbons (Fsp3) is 0.333. The van der Waals surface area contributed by atoms with E-state index < -0.39 is 0 Å². The van der Waals surface area contributed by atoms with E-state index in [1.165, 1.54) is 0 Å². The van der Waals surface area contributed by atoms with Crippen molar-refractivity contribution >= 4 is 22.6 Å². The molecule has 0 atom stereocenters. The molecular weight excluding hydrogens is 316 g/mol. The SMILES string of the molecule is O=C(Nc1cc2nc(-c3cnc4n3CCNC4)ccc2cn1)C1CC1. The Kier molecular flexibility index (Phi) is 3.27. The zero-order valence-electron chi connectivity index (χ0n) is 13.7. The highest BCUT2D eigenvalue weighted by Crippen LogP contribution is 2.30. The monoisotopic (exact) mass is 334 g/mol. The molecule has 0 spiro atoms. The van der Waals surface area contributed by atoms with Crippen LogP contribution in [0.25, 0.3) is 22.3 Å². The molecule has 0 bridgehead atoms. The van der Waals surface area contributed by atoms with Crippen molar-refractivity contribution in [2.75, 3.05) is 11.9 Å². The maximum absolute atomic E-state index is 11.9. The van der Waals surface area contributed by atoms with Crippen molar-refractivity contribution in [2.24, 2.45) is 5.92 Å². The molecule has 25 heavy (non-hydrogen) atoms. The van der Waals surface area contributed by atoms with E-state index in [1.54, 1.807) is 6.20 Å². The van der Waals surface area contributed by atoms with Gasteiger partial charge in [0.1, 0.15) is 11.6 Å². The summed E-state index contributed by atoms with van der Waals surface area (Å²) in [6.45, 7) is 2.61. The van der Waals surface area contributed by atoms with Crippen LogP contribution in [0.1, 0.15) is 18.7 Å². The Morgan fingerprint density at radius 3 is 3.04 bits per heavy atom. The molecule has 0 aromatic carbocycles. The first-order valence-corrected chi connectivity index (χ1v) is 8.61. The zero-order chi connectivity index (χ0) is 16.8. The summed E-state index contributed by atoms with van der Waals surface area (Å²) in [4.78, 5) is 25.5. The lowest BCUT2D eigenvalue weighted by atomic mass is 10.2. The first kappa shape index (κ1) is 14.5. The van der Waals surface area contributed by atoms with E-state index in [0.29, 0.717) is 5.82 Å². The molecule has 1 saturated carbocycles. The van der Waals surface area contributed by atoms with Crippen molar-refractivity contribution in [1.29, 1.82) is 0 Å². The third kappa shape index (κ3) is 2.66. The number of fused-ring (bicyclic) bond motifs is 2. The maximum atomic E-state index is 11.9. The quantitative estimate of drug-likeness (QED) is 0.765. The summed E-state index contributed by atoms with van der Waals surface area (Å²) < 4.78 is 2.21. The third-order valence-electron chi connectivity index (χ3n) is 4.77. The Balaban J connectivity index is 1.51. The molecule has 126 valence electrons. The molecule has 1 amide bonds. The molecular formula is C18H18N6O. The largest absolute Gasteiger partial charge is 0.324 e. The predicted octanol–water partition coefficient (Wildman–Crippen LogP) is 1.94. The van der Waals surface area contributed by atoms with Gasteiger partial charge in [0.05, 0.1) is 29.6 Å². The van der Waals surface area contributed by atoms with Gasteiger partial charge in [-0.1, -0.05) is 0 Å². The van der Waals surface area contributed by atoms with Crippen LogP contribution in [-0.2, 0) is 17.9 Å². The van der Waals surface area contributed by atoms with E-state index >= 15 is 0 Å². The standard InChI is InChI=1S/C18H18N6O/c25-18(11-1-2-11)23-16-7-14-12(8-20-16)3-4-13(22-14)15-9-21-17-10-19-5-6-24(15)17/h3-4,7-9,11,19H,1-2,5-6,10H2,(H,20,23,25). The van der Waals surface area contributed by atoms with Crippen molar-refractivity contribution < 1.29 is 4.79 Å². The smallest absolute Gasteiger partial charge is 0.228 e. The highest BCUT2D eigenvalue weighted by atomic mass is 16.2. The van der Waals surface area contributed by atoms with Gasteiger partial charge in [0.25, 0.3) is 0 Å². The van der Waals surface area contributed by atoms with Gasteiger partial charge < -0.3 is 15.2 Å². The molecule has 5 rings (SSSR count). The molecule has 0 saturated heterocycles. The van der Waals surface area contributed by atoms with E-state index in [4.69, 9.17) is 4.98 Å². The topological polar surface area (TPSA) is 84.7 Å². The predicted molar refractivity (Wildman–Crippen MR) is 93.8 cm³/mol. The molecule has 1 aliphatic carbocycles. The van der Waals surface area contributed by atoms with Gasteiger partial charge in [0.2, 0.25) is 5.91 Å². The minimum Gasteiger partial charge on any atom is -0.324 e. The van der Waals surface area contributed by atoms with Crippen molar-refractivity contribution in [1.82, 2.24) is 24.8 Å². The summed E-state index contributed by atoms with van der Waals surface area (Å²) in [5.41, 5.74) is 2.74. The van der Waals surface area contributed by atoms with E-state index in [1.807, 2.05) is 24.4 Å². The molecule has 0 unspecified atom stereocenters. The lowest BCUT2D eigenvalue weighted by Crippen LogP contribution is -2.28. The molecule has 3 aromatic rings. The van der Waals surface area contributed by atoms with Crippen LogP contribution in [0, 0.1) is 5.92 Å². The maximum Gasteiger partial charge on any atom is 0.228 e. The summed E-state index contributed by atoms with van der Waals surface area (Å²) in [5.74, 6) is 1.81. The summed E-state index contributed by atoms with van der Waals surface area (Å²) in [6, 6.07) is 5.85. The number of hydrogen-bond acceptors (Lipinski definition) is 5. The van der Waals surface area contributed by atoms with Crippen LogP contribution >= 0.6 is 0 Å². The lowest BCUT2D eigenvalue weighted by Gasteiger charge is -2.17. The van der Waals surface area contributed by atoms with Gasteiger partial charge in [0, 0.05) is 36.7 Å². The number of nitrogens with one attached hydrogen (secondary N) is 2. The van der Waals surface area contributed by atoms with Crippen molar-refractivity contribution in [3.63, 3.8) is 0 Å². The first-order valence-electron chi connectivity index (χ1n) is 8.61. The van der Waals surface area contributed by atoms with Gasteiger partial charge in [-0.2, -0.15) is 0 Å². The molecule has 2 aliphatic rings. The van der Waals surface area contributed by atoms with Gasteiger partial charge in [-0.3, -0.25) is 4.79 Å². The van der Waals surface area contributed by atoms with Crippen molar-refractivity contribution in [3.8, 4) is 11.4 Å². The number of imidazole rings is 1. The second kappa shape index (κ2) is 5.63. The Morgan fingerprint density at radius 1 is 1.24 bits per heavy atom. The van der Waals surface area contributed by atoms with Crippen LogP contribution < -0.4 is 10.6 Å². The number of rotatable bonds is 3. The fourth-order valence-electron chi connectivity index (χ4n) is 3.20. The molecule has 7 nitrogen and oxygen atoms in total. The lowest BCUT2D eigenvalue weighted by molar-refractivity contribution is -0.117.